The number of carbonyl (C=O) groups is 2. The molecule has 10 heteroatoms. The first-order valence-electron chi connectivity index (χ1n) is 12.1. The number of aromatic nitrogens is 1. The van der Waals surface area contributed by atoms with Crippen molar-refractivity contribution in [1.82, 2.24) is 14.6 Å². The van der Waals surface area contributed by atoms with Crippen LogP contribution in [0.4, 0.5) is 0 Å². The van der Waals surface area contributed by atoms with Gasteiger partial charge >= 0.3 is 5.97 Å². The molecule has 2 aromatic heterocycles. The number of aryl methyl sites for hydroxylation is 1. The smallest absolute Gasteiger partial charge is 0.306 e. The van der Waals surface area contributed by atoms with Crippen LogP contribution < -0.4 is 5.32 Å². The van der Waals surface area contributed by atoms with E-state index in [1.807, 2.05) is 37.3 Å². The number of hydrogen-bond donors (Lipinski definition) is 3. The molecule has 0 bridgehead atoms. The molecule has 0 spiro atoms. The predicted octanol–water partition coefficient (Wildman–Crippen LogP) is 4.09. The number of nitrogens with zero attached hydrogens (tertiary/aromatic N) is 2. The summed E-state index contributed by atoms with van der Waals surface area (Å²) in [6, 6.07) is 9.66. The van der Waals surface area contributed by atoms with Crippen LogP contribution in [0.5, 0.6) is 0 Å². The highest BCUT2D eigenvalue weighted by Crippen LogP contribution is 2.45. The number of carboxylic acids is 1. The molecule has 0 saturated heterocycles. The molecule has 36 heavy (non-hydrogen) atoms. The molecule has 1 unspecified atom stereocenters. The minimum atomic E-state index is -2.24. The topological polar surface area (TPSA) is 133 Å². The van der Waals surface area contributed by atoms with Gasteiger partial charge in [-0.05, 0) is 56.1 Å². The molecule has 3 atom stereocenters. The first-order valence-corrected chi connectivity index (χ1v) is 13.2. The highest BCUT2D eigenvalue weighted by molar-refractivity contribution is 7.76. The van der Waals surface area contributed by atoms with Crippen LogP contribution in [-0.4, -0.2) is 48.6 Å². The van der Waals surface area contributed by atoms with Crippen molar-refractivity contribution in [2.24, 2.45) is 11.8 Å². The molecule has 3 aromatic rings. The Morgan fingerprint density at radius 3 is 2.56 bits per heavy atom. The molecule has 1 amide bonds. The van der Waals surface area contributed by atoms with Crippen LogP contribution in [0.1, 0.15) is 58.8 Å². The standard InChI is InChI=1S/C26H29N3O6S/c1-14-3-5-16(6-4-14)23-22(24(30)27-2)20-12-18(15-7-8-15)21(28-25(20)35-23)13-29(36(33)34)10-9-17-11-19(17)26(31)32/h3-6,12,15,17,19H,7-11,13H2,1-2H3,(H,27,30)(H,31,32)(H,33,34)/t17-,19-/m1/s1. The molecule has 5 rings (SSSR count). The number of pyridine rings is 1. The zero-order valence-corrected chi connectivity index (χ0v) is 21.0. The number of fused-ring (bicyclic) bond motifs is 1. The maximum atomic E-state index is 12.9. The average Bonchev–Trinajstić information content (AvgIpc) is 3.77. The molecule has 9 nitrogen and oxygen atoms in total. The SMILES string of the molecule is CNC(=O)c1c(-c2ccc(C)cc2)oc2nc(CN(CC[C@@H]3C[C@H]3C(=O)O)S(=O)O)c(C3CC3)cc12. The Morgan fingerprint density at radius 2 is 1.97 bits per heavy atom. The molecule has 3 N–H and O–H groups in total. The number of furan rings is 1. The minimum Gasteiger partial charge on any atom is -0.481 e. The van der Waals surface area contributed by atoms with Crippen molar-refractivity contribution in [2.45, 2.75) is 45.1 Å². The zero-order chi connectivity index (χ0) is 25.6. The Balaban J connectivity index is 1.51. The number of rotatable bonds is 10. The minimum absolute atomic E-state index is 0.0316. The lowest BCUT2D eigenvalue weighted by Gasteiger charge is -2.19. The van der Waals surface area contributed by atoms with Gasteiger partial charge in [0, 0.05) is 19.2 Å². The lowest BCUT2D eigenvalue weighted by molar-refractivity contribution is -0.138. The van der Waals surface area contributed by atoms with Crippen molar-refractivity contribution in [2.75, 3.05) is 13.6 Å². The van der Waals surface area contributed by atoms with Gasteiger partial charge in [0.1, 0.15) is 5.76 Å². The van der Waals surface area contributed by atoms with Crippen LogP contribution in [-0.2, 0) is 22.6 Å². The largest absolute Gasteiger partial charge is 0.481 e. The van der Waals surface area contributed by atoms with E-state index in [4.69, 9.17) is 14.5 Å². The first kappa shape index (κ1) is 24.6. The van der Waals surface area contributed by atoms with Crippen LogP contribution in [0.15, 0.2) is 34.7 Å². The molecule has 0 radical (unpaired) electrons. The molecule has 2 aliphatic carbocycles. The Hall–Kier alpha value is -3.08. The summed E-state index contributed by atoms with van der Waals surface area (Å²) < 4.78 is 29.6. The summed E-state index contributed by atoms with van der Waals surface area (Å²) in [5.41, 5.74) is 4.18. The Labute approximate surface area is 211 Å². The average molecular weight is 512 g/mol. The number of aliphatic carboxylic acids is 1. The first-order chi connectivity index (χ1) is 17.3. The molecule has 2 saturated carbocycles. The fraction of sp³-hybridized carbons (Fsp3) is 0.423. The van der Waals surface area contributed by atoms with Gasteiger partial charge in [0.2, 0.25) is 17.0 Å². The number of amides is 1. The second-order valence-electron chi connectivity index (χ2n) is 9.73. The van der Waals surface area contributed by atoms with E-state index in [1.54, 1.807) is 7.05 Å². The Kier molecular flexibility index (Phi) is 6.67. The number of carbonyl (C=O) groups excluding carboxylic acids is 1. The van der Waals surface area contributed by atoms with E-state index in [2.05, 4.69) is 5.32 Å². The molecule has 2 aliphatic rings. The van der Waals surface area contributed by atoms with E-state index in [1.165, 1.54) is 4.31 Å². The third kappa shape index (κ3) is 4.93. The van der Waals surface area contributed by atoms with E-state index < -0.39 is 17.2 Å². The monoisotopic (exact) mass is 511 g/mol. The lowest BCUT2D eigenvalue weighted by atomic mass is 10.0. The molecule has 190 valence electrons. The number of benzene rings is 1. The maximum Gasteiger partial charge on any atom is 0.306 e. The van der Waals surface area contributed by atoms with Gasteiger partial charge in [0.15, 0.2) is 0 Å². The van der Waals surface area contributed by atoms with Crippen molar-refractivity contribution in [1.29, 1.82) is 0 Å². The van der Waals surface area contributed by atoms with Gasteiger partial charge in [-0.25, -0.2) is 9.19 Å². The summed E-state index contributed by atoms with van der Waals surface area (Å²) in [5, 5.41) is 12.5. The molecular formula is C26H29N3O6S. The van der Waals surface area contributed by atoms with Crippen molar-refractivity contribution >= 4 is 34.2 Å². The molecular weight excluding hydrogens is 482 g/mol. The van der Waals surface area contributed by atoms with E-state index in [9.17, 15) is 18.4 Å². The third-order valence-corrected chi connectivity index (χ3v) is 7.87. The van der Waals surface area contributed by atoms with Crippen molar-refractivity contribution in [3.63, 3.8) is 0 Å². The van der Waals surface area contributed by atoms with E-state index in [0.717, 1.165) is 29.5 Å². The van der Waals surface area contributed by atoms with Crippen molar-refractivity contribution in [3.05, 3.63) is 52.7 Å². The second kappa shape index (κ2) is 9.76. The molecule has 2 fully saturated rings. The zero-order valence-electron chi connectivity index (χ0n) is 20.2. The summed E-state index contributed by atoms with van der Waals surface area (Å²) >= 11 is -2.24. The lowest BCUT2D eigenvalue weighted by Crippen LogP contribution is -2.28. The Morgan fingerprint density at radius 1 is 1.25 bits per heavy atom. The van der Waals surface area contributed by atoms with Gasteiger partial charge in [-0.15, -0.1) is 0 Å². The Bertz CT molecular complexity index is 1350. The summed E-state index contributed by atoms with van der Waals surface area (Å²) in [6.45, 7) is 2.41. The van der Waals surface area contributed by atoms with Gasteiger partial charge in [0.25, 0.3) is 5.91 Å². The van der Waals surface area contributed by atoms with Crippen LogP contribution >= 0.6 is 0 Å². The van der Waals surface area contributed by atoms with Gasteiger partial charge in [-0.3, -0.25) is 14.1 Å². The predicted molar refractivity (Wildman–Crippen MR) is 135 cm³/mol. The maximum absolute atomic E-state index is 12.9. The molecule has 1 aromatic carbocycles. The van der Waals surface area contributed by atoms with Crippen LogP contribution in [0.25, 0.3) is 22.4 Å². The number of nitrogens with one attached hydrogen (secondary N) is 1. The van der Waals surface area contributed by atoms with Crippen molar-refractivity contribution < 1.29 is 27.9 Å². The van der Waals surface area contributed by atoms with Crippen LogP contribution in [0, 0.1) is 18.8 Å². The van der Waals surface area contributed by atoms with E-state index in [-0.39, 0.29) is 36.8 Å². The van der Waals surface area contributed by atoms with Gasteiger partial charge in [0.05, 0.1) is 29.1 Å². The second-order valence-corrected chi connectivity index (χ2v) is 10.7. The van der Waals surface area contributed by atoms with Crippen LogP contribution in [0.3, 0.4) is 0 Å². The third-order valence-electron chi connectivity index (χ3n) is 7.12. The molecule has 0 aliphatic heterocycles. The van der Waals surface area contributed by atoms with Gasteiger partial charge in [-0.1, -0.05) is 29.8 Å². The fourth-order valence-corrected chi connectivity index (χ4v) is 5.26. The number of hydrogen-bond acceptors (Lipinski definition) is 5. The van der Waals surface area contributed by atoms with Crippen LogP contribution in [0.2, 0.25) is 0 Å². The van der Waals surface area contributed by atoms with Gasteiger partial charge < -0.3 is 14.8 Å². The normalized spacial score (nSPS) is 20.0. The van der Waals surface area contributed by atoms with E-state index in [0.29, 0.717) is 41.0 Å². The summed E-state index contributed by atoms with van der Waals surface area (Å²) in [7, 11) is 1.58. The number of carboxylic acid groups (broad SMARTS) is 1. The quantitative estimate of drug-likeness (QED) is 0.349. The fourth-order valence-electron chi connectivity index (χ4n) is 4.77. The van der Waals surface area contributed by atoms with Gasteiger partial charge in [-0.2, -0.15) is 4.31 Å². The molecule has 2 heterocycles. The van der Waals surface area contributed by atoms with E-state index >= 15 is 0 Å². The highest BCUT2D eigenvalue weighted by Gasteiger charge is 2.43. The van der Waals surface area contributed by atoms with Crippen molar-refractivity contribution in [3.8, 4) is 11.3 Å². The highest BCUT2D eigenvalue weighted by atomic mass is 32.2. The summed E-state index contributed by atoms with van der Waals surface area (Å²) in [5.74, 6) is -0.691. The summed E-state index contributed by atoms with van der Waals surface area (Å²) in [4.78, 5) is 28.8. The summed E-state index contributed by atoms with van der Waals surface area (Å²) in [6.07, 6.45) is 3.12.